The highest BCUT2D eigenvalue weighted by molar-refractivity contribution is 9.10. The molecule has 2 aromatic rings. The Morgan fingerprint density at radius 2 is 1.73 bits per heavy atom. The molecular weight excluding hydrogens is 576 g/mol. The number of carboxylic acids is 1. The minimum atomic E-state index is -1.83. The Bertz CT molecular complexity index is 1220. The van der Waals surface area contributed by atoms with Gasteiger partial charge in [-0.05, 0) is 57.4 Å². The van der Waals surface area contributed by atoms with Crippen LogP contribution in [0.4, 0.5) is 0 Å². The van der Waals surface area contributed by atoms with Crippen molar-refractivity contribution < 1.29 is 34.0 Å². The van der Waals surface area contributed by atoms with E-state index in [-0.39, 0.29) is 0 Å². The molecule has 0 saturated heterocycles. The zero-order valence-electron chi connectivity index (χ0n) is 24.4. The van der Waals surface area contributed by atoms with Crippen molar-refractivity contribution in [3.63, 3.8) is 0 Å². The molecule has 218 valence electrons. The fraction of sp³-hybridized carbons (Fsp3) is 0.438. The van der Waals surface area contributed by atoms with Gasteiger partial charge in [0.05, 0.1) is 24.7 Å². The predicted molar refractivity (Wildman–Crippen MR) is 160 cm³/mol. The maximum atomic E-state index is 12.6. The number of aliphatic hydroxyl groups is 1. The van der Waals surface area contributed by atoms with Crippen molar-refractivity contribution in [2.45, 2.75) is 66.1 Å². The van der Waals surface area contributed by atoms with Gasteiger partial charge in [0.25, 0.3) is 0 Å². The molecule has 0 fully saturated rings. The molecule has 0 amide bonds. The number of benzene rings is 2. The summed E-state index contributed by atoms with van der Waals surface area (Å²) in [6, 6.07) is 10.5. The molecule has 1 aliphatic heterocycles. The average molecular weight is 618 g/mol. The maximum Gasteiger partial charge on any atom is 0.314 e. The zero-order valence-corrected chi connectivity index (χ0v) is 25.9. The van der Waals surface area contributed by atoms with E-state index >= 15 is 0 Å². The van der Waals surface area contributed by atoms with Gasteiger partial charge < -0.3 is 29.2 Å². The number of carboxylic acid groups (broad SMARTS) is 1. The van der Waals surface area contributed by atoms with Crippen molar-refractivity contribution in [1.29, 1.82) is 0 Å². The van der Waals surface area contributed by atoms with Crippen molar-refractivity contribution in [2.75, 3.05) is 13.2 Å². The highest BCUT2D eigenvalue weighted by Gasteiger charge is 2.66. The van der Waals surface area contributed by atoms with Crippen LogP contribution in [0.15, 0.2) is 64.7 Å². The molecule has 0 radical (unpaired) electrons. The lowest BCUT2D eigenvalue weighted by molar-refractivity contribution is -0.165. The summed E-state index contributed by atoms with van der Waals surface area (Å²) in [5.74, 6) is -2.82. The third-order valence-electron chi connectivity index (χ3n) is 6.79. The van der Waals surface area contributed by atoms with Crippen LogP contribution in [-0.4, -0.2) is 35.7 Å². The predicted octanol–water partition coefficient (Wildman–Crippen LogP) is 7.20. The summed E-state index contributed by atoms with van der Waals surface area (Å²) in [4.78, 5) is 25.0. The van der Waals surface area contributed by atoms with Gasteiger partial charge in [0.15, 0.2) is 5.60 Å². The Morgan fingerprint density at radius 1 is 1.10 bits per heavy atom. The topological polar surface area (TPSA) is 102 Å². The number of fused-ring (bicyclic) bond motifs is 1. The molecule has 0 aliphatic carbocycles. The van der Waals surface area contributed by atoms with Crippen LogP contribution in [0.2, 0.25) is 0 Å². The van der Waals surface area contributed by atoms with Crippen LogP contribution >= 0.6 is 15.9 Å². The first kappa shape index (κ1) is 33.1. The van der Waals surface area contributed by atoms with E-state index in [4.69, 9.17) is 14.2 Å². The van der Waals surface area contributed by atoms with E-state index in [1.54, 1.807) is 55.5 Å². The second kappa shape index (κ2) is 14.5. The van der Waals surface area contributed by atoms with E-state index in [1.807, 2.05) is 47.6 Å². The van der Waals surface area contributed by atoms with E-state index in [2.05, 4.69) is 15.9 Å². The van der Waals surface area contributed by atoms with Gasteiger partial charge in [-0.25, -0.2) is 0 Å². The Kier molecular flexibility index (Phi) is 12.0. The normalized spacial score (nSPS) is 21.5. The zero-order chi connectivity index (χ0) is 30.1. The molecule has 2 N–H and O–H groups in total. The molecule has 0 bridgehead atoms. The third kappa shape index (κ3) is 6.13. The first-order valence-electron chi connectivity index (χ1n) is 13.7. The molecule has 8 heteroatoms. The largest absolute Gasteiger partial charge is 0.494 e. The smallest absolute Gasteiger partial charge is 0.314 e. The number of allylic oxidation sites excluding steroid dienone is 3. The van der Waals surface area contributed by atoms with Crippen LogP contribution in [0.5, 0.6) is 17.2 Å². The molecular formula is C32H41BrO7. The monoisotopic (exact) mass is 616 g/mol. The van der Waals surface area contributed by atoms with Crippen LogP contribution in [0, 0.1) is 11.8 Å². The van der Waals surface area contributed by atoms with Crippen LogP contribution in [0.3, 0.4) is 0 Å². The van der Waals surface area contributed by atoms with Gasteiger partial charge in [0.1, 0.15) is 35.1 Å². The van der Waals surface area contributed by atoms with Gasteiger partial charge in [-0.1, -0.05) is 67.1 Å². The standard InChI is InChI=1S/C30H35BrO7.C2H6/c1-6-10-19(11-7-2)26(23(18-32)28(33)34)30(20-12-14-21(31)15-13-20)29(5,35)27-24(37-9-4)16-22(36-8-3)17-25(27)38-30;1-2/h6,10-18,23,26,35H,7-9H2,1-5H3,(H,33,34);1-2H3/b10-6-,19-11+;/t23-,26+,29+,30-;/m0./s1. The third-order valence-corrected chi connectivity index (χ3v) is 7.32. The maximum absolute atomic E-state index is 12.6. The Labute approximate surface area is 246 Å². The summed E-state index contributed by atoms with van der Waals surface area (Å²) in [5.41, 5.74) is -2.12. The molecule has 1 heterocycles. The summed E-state index contributed by atoms with van der Waals surface area (Å²) in [7, 11) is 0. The van der Waals surface area contributed by atoms with Crippen LogP contribution < -0.4 is 14.2 Å². The number of ether oxygens (including phenoxy) is 3. The molecule has 7 nitrogen and oxygen atoms in total. The van der Waals surface area contributed by atoms with Crippen LogP contribution in [-0.2, 0) is 20.8 Å². The van der Waals surface area contributed by atoms with Crippen molar-refractivity contribution in [3.8, 4) is 17.2 Å². The summed E-state index contributed by atoms with van der Waals surface area (Å²) in [5, 5.41) is 22.8. The average Bonchev–Trinajstić information content (AvgIpc) is 3.15. The first-order valence-corrected chi connectivity index (χ1v) is 14.5. The number of carbonyl (C=O) groups excluding carboxylic acids is 1. The van der Waals surface area contributed by atoms with Gasteiger partial charge in [-0.15, -0.1) is 0 Å². The molecule has 3 rings (SSSR count). The number of hydrogen-bond donors (Lipinski definition) is 2. The quantitative estimate of drug-likeness (QED) is 0.148. The molecule has 0 spiro atoms. The van der Waals surface area contributed by atoms with Crippen molar-refractivity contribution >= 4 is 28.2 Å². The summed E-state index contributed by atoms with van der Waals surface area (Å²) >= 11 is 3.46. The minimum Gasteiger partial charge on any atom is -0.494 e. The number of aliphatic carboxylic acids is 1. The molecule has 0 saturated carbocycles. The fourth-order valence-electron chi connectivity index (χ4n) is 5.39. The molecule has 1 aliphatic rings. The van der Waals surface area contributed by atoms with Gasteiger partial charge in [0, 0.05) is 16.6 Å². The van der Waals surface area contributed by atoms with Crippen molar-refractivity contribution in [2.24, 2.45) is 11.8 Å². The summed E-state index contributed by atoms with van der Waals surface area (Å²) in [6.45, 7) is 13.7. The molecule has 40 heavy (non-hydrogen) atoms. The van der Waals surface area contributed by atoms with E-state index < -0.39 is 29.0 Å². The van der Waals surface area contributed by atoms with E-state index in [0.717, 1.165) is 4.47 Å². The molecule has 0 unspecified atom stereocenters. The fourth-order valence-corrected chi connectivity index (χ4v) is 5.65. The number of aldehydes is 1. The van der Waals surface area contributed by atoms with E-state index in [9.17, 15) is 19.8 Å². The Balaban J connectivity index is 0.00000274. The second-order valence-corrected chi connectivity index (χ2v) is 10.1. The second-order valence-electron chi connectivity index (χ2n) is 9.17. The molecule has 2 aromatic carbocycles. The van der Waals surface area contributed by atoms with Gasteiger partial charge in [-0.2, -0.15) is 0 Å². The van der Waals surface area contributed by atoms with Crippen LogP contribution in [0.1, 0.15) is 66.0 Å². The SMILES string of the molecule is C/C=C\C(=C/CC)[C@H]([C@H](C=O)C(=O)O)[C@]1(c2ccc(Br)cc2)Oc2cc(OCC)cc(OCC)c2[C@@]1(C)O.CC. The number of hydrogen-bond acceptors (Lipinski definition) is 6. The summed E-state index contributed by atoms with van der Waals surface area (Å²) in [6.07, 6.45) is 6.40. The van der Waals surface area contributed by atoms with Crippen molar-refractivity contribution in [1.82, 2.24) is 0 Å². The lowest BCUT2D eigenvalue weighted by Gasteiger charge is -2.46. The molecule has 4 atom stereocenters. The van der Waals surface area contributed by atoms with Gasteiger partial charge >= 0.3 is 5.97 Å². The molecule has 0 aromatic heterocycles. The Hall–Kier alpha value is -3.10. The highest BCUT2D eigenvalue weighted by Crippen LogP contribution is 2.62. The van der Waals surface area contributed by atoms with Crippen LogP contribution in [0.25, 0.3) is 0 Å². The van der Waals surface area contributed by atoms with Gasteiger partial charge in [0.2, 0.25) is 0 Å². The number of halogens is 1. The van der Waals surface area contributed by atoms with Gasteiger partial charge in [-0.3, -0.25) is 4.79 Å². The lowest BCUT2D eigenvalue weighted by atomic mass is 9.62. The number of carbonyl (C=O) groups is 2. The van der Waals surface area contributed by atoms with E-state index in [0.29, 0.717) is 59.9 Å². The minimum absolute atomic E-state index is 0.295. The highest BCUT2D eigenvalue weighted by atomic mass is 79.9. The summed E-state index contributed by atoms with van der Waals surface area (Å²) < 4.78 is 19.2. The van der Waals surface area contributed by atoms with Crippen molar-refractivity contribution in [3.05, 3.63) is 75.8 Å². The Morgan fingerprint density at radius 3 is 2.23 bits per heavy atom. The lowest BCUT2D eigenvalue weighted by Crippen LogP contribution is -2.56. The van der Waals surface area contributed by atoms with E-state index in [1.165, 1.54) is 0 Å². The first-order chi connectivity index (χ1) is 19.1. The number of rotatable bonds is 12.